The molecule has 0 bridgehead atoms. The number of benzene rings is 2. The molecule has 3 rings (SSSR count). The molecule has 2 N–H and O–H groups in total. The molecular formula is C23H30N6O2. The average molecular weight is 423 g/mol. The van der Waals surface area contributed by atoms with Crippen LogP contribution >= 0.6 is 0 Å². The van der Waals surface area contributed by atoms with Crippen LogP contribution in [0.1, 0.15) is 22.8 Å². The molecule has 8 nitrogen and oxygen atoms in total. The van der Waals surface area contributed by atoms with Gasteiger partial charge in [0, 0.05) is 26.3 Å². The molecule has 0 aliphatic heterocycles. The highest BCUT2D eigenvalue weighted by Gasteiger charge is 2.09. The van der Waals surface area contributed by atoms with Gasteiger partial charge < -0.3 is 24.7 Å². The zero-order chi connectivity index (χ0) is 22.1. The van der Waals surface area contributed by atoms with E-state index in [4.69, 9.17) is 14.5 Å². The Hall–Kier alpha value is -3.39. The van der Waals surface area contributed by atoms with Gasteiger partial charge in [0.2, 0.25) is 0 Å². The van der Waals surface area contributed by atoms with E-state index in [1.165, 1.54) is 0 Å². The van der Waals surface area contributed by atoms with E-state index in [-0.39, 0.29) is 0 Å². The third-order valence-electron chi connectivity index (χ3n) is 4.80. The first-order valence-corrected chi connectivity index (χ1v) is 10.2. The van der Waals surface area contributed by atoms with Crippen molar-refractivity contribution in [3.8, 4) is 11.5 Å². The molecule has 0 aliphatic rings. The summed E-state index contributed by atoms with van der Waals surface area (Å²) < 4.78 is 13.2. The third kappa shape index (κ3) is 6.55. The number of aliphatic imine (C=N–C) groups is 1. The third-order valence-corrected chi connectivity index (χ3v) is 4.80. The van der Waals surface area contributed by atoms with Crippen molar-refractivity contribution >= 4 is 5.96 Å². The first kappa shape index (κ1) is 22.3. The molecule has 1 heterocycles. The van der Waals surface area contributed by atoms with E-state index in [1.807, 2.05) is 61.9 Å². The maximum atomic E-state index is 6.12. The van der Waals surface area contributed by atoms with Crippen LogP contribution in [0.5, 0.6) is 11.5 Å². The van der Waals surface area contributed by atoms with Crippen LogP contribution in [0.4, 0.5) is 0 Å². The van der Waals surface area contributed by atoms with E-state index >= 15 is 0 Å². The van der Waals surface area contributed by atoms with Gasteiger partial charge in [-0.15, -0.1) is 10.2 Å². The second-order valence-corrected chi connectivity index (χ2v) is 7.19. The molecule has 0 fully saturated rings. The molecule has 0 atom stereocenters. The first-order chi connectivity index (χ1) is 15.1. The number of nitrogens with one attached hydrogen (secondary N) is 2. The van der Waals surface area contributed by atoms with Gasteiger partial charge >= 0.3 is 0 Å². The lowest BCUT2D eigenvalue weighted by atomic mass is 10.1. The fourth-order valence-corrected chi connectivity index (χ4v) is 2.88. The summed E-state index contributed by atoms with van der Waals surface area (Å²) in [5.41, 5.74) is 2.13. The van der Waals surface area contributed by atoms with Gasteiger partial charge in [0.05, 0.1) is 19.7 Å². The number of para-hydroxylation sites is 1. The first-order valence-electron chi connectivity index (χ1n) is 10.2. The topological polar surface area (TPSA) is 85.6 Å². The second-order valence-electron chi connectivity index (χ2n) is 7.19. The Labute approximate surface area is 183 Å². The highest BCUT2D eigenvalue weighted by Crippen LogP contribution is 2.27. The molecule has 0 amide bonds. The smallest absolute Gasteiger partial charge is 0.192 e. The normalized spacial score (nSPS) is 11.4. The van der Waals surface area contributed by atoms with Crippen molar-refractivity contribution in [2.24, 2.45) is 12.0 Å². The lowest BCUT2D eigenvalue weighted by molar-refractivity contribution is 0.203. The van der Waals surface area contributed by atoms with Gasteiger partial charge in [-0.05, 0) is 37.6 Å². The summed E-state index contributed by atoms with van der Waals surface area (Å²) in [6, 6.07) is 15.9. The quantitative estimate of drug-likeness (QED) is 0.313. The zero-order valence-electron chi connectivity index (χ0n) is 18.6. The van der Waals surface area contributed by atoms with Crippen molar-refractivity contribution < 1.29 is 9.47 Å². The minimum Gasteiger partial charge on any atom is -0.457 e. The predicted octanol–water partition coefficient (Wildman–Crippen LogP) is 3.11. The highest BCUT2D eigenvalue weighted by molar-refractivity contribution is 5.79. The largest absolute Gasteiger partial charge is 0.457 e. The summed E-state index contributed by atoms with van der Waals surface area (Å²) in [6.45, 7) is 6.17. The van der Waals surface area contributed by atoms with Gasteiger partial charge in [-0.1, -0.05) is 30.3 Å². The number of hydrogen-bond donors (Lipinski definition) is 2. The van der Waals surface area contributed by atoms with Crippen molar-refractivity contribution in [1.29, 1.82) is 0 Å². The Morgan fingerprint density at radius 2 is 1.87 bits per heavy atom. The zero-order valence-corrected chi connectivity index (χ0v) is 18.6. The molecule has 0 aliphatic carbocycles. The Bertz CT molecular complexity index is 1000. The summed E-state index contributed by atoms with van der Waals surface area (Å²) in [4.78, 5) is 4.75. The van der Waals surface area contributed by atoms with Crippen LogP contribution in [0.25, 0.3) is 0 Å². The molecule has 0 saturated carbocycles. The Balaban J connectivity index is 1.74. The Morgan fingerprint density at radius 1 is 1.06 bits per heavy atom. The maximum absolute atomic E-state index is 6.12. The fourth-order valence-electron chi connectivity index (χ4n) is 2.88. The number of hydrogen-bond acceptors (Lipinski definition) is 5. The van der Waals surface area contributed by atoms with Gasteiger partial charge in [0.15, 0.2) is 11.8 Å². The van der Waals surface area contributed by atoms with E-state index in [9.17, 15) is 0 Å². The lowest BCUT2D eigenvalue weighted by Crippen LogP contribution is -2.39. The molecule has 1 aromatic heterocycles. The second kappa shape index (κ2) is 11.1. The van der Waals surface area contributed by atoms with E-state index in [2.05, 4.69) is 33.0 Å². The van der Waals surface area contributed by atoms with Gasteiger partial charge in [-0.25, -0.2) is 4.99 Å². The molecule has 8 heteroatoms. The summed E-state index contributed by atoms with van der Waals surface area (Å²) in [7, 11) is 3.62. The Morgan fingerprint density at radius 3 is 2.58 bits per heavy atom. The number of guanidine groups is 1. The number of ether oxygens (including phenoxy) is 2. The van der Waals surface area contributed by atoms with Crippen LogP contribution in [0, 0.1) is 13.8 Å². The summed E-state index contributed by atoms with van der Waals surface area (Å²) in [5.74, 6) is 3.97. The average Bonchev–Trinajstić information content (AvgIpc) is 3.09. The van der Waals surface area contributed by atoms with Crippen molar-refractivity contribution in [3.63, 3.8) is 0 Å². The van der Waals surface area contributed by atoms with E-state index in [1.54, 1.807) is 7.11 Å². The standard InChI is InChI=1S/C23H30N6O2/c1-17-10-11-19(21(14-17)31-20-8-6-5-7-9-20)15-25-23(24-12-13-30-4)26-16-22-28-27-18(2)29(22)3/h5-11,14H,12-13,15-16H2,1-4H3,(H2,24,25,26). The molecule has 3 aromatic rings. The molecule has 0 unspecified atom stereocenters. The summed E-state index contributed by atoms with van der Waals surface area (Å²) >= 11 is 0. The van der Waals surface area contributed by atoms with Crippen LogP contribution in [0.15, 0.2) is 53.5 Å². The van der Waals surface area contributed by atoms with E-state index in [0.717, 1.165) is 34.3 Å². The van der Waals surface area contributed by atoms with Crippen LogP contribution in [-0.2, 0) is 24.9 Å². The van der Waals surface area contributed by atoms with Crippen molar-refractivity contribution in [1.82, 2.24) is 25.4 Å². The summed E-state index contributed by atoms with van der Waals surface area (Å²) in [5, 5.41) is 14.9. The molecular weight excluding hydrogens is 392 g/mol. The fraction of sp³-hybridized carbons (Fsp3) is 0.348. The van der Waals surface area contributed by atoms with E-state index in [0.29, 0.717) is 32.2 Å². The van der Waals surface area contributed by atoms with Gasteiger partial charge in [-0.3, -0.25) is 0 Å². The molecule has 0 saturated heterocycles. The van der Waals surface area contributed by atoms with Crippen LogP contribution in [0.3, 0.4) is 0 Å². The van der Waals surface area contributed by atoms with Gasteiger partial charge in [-0.2, -0.15) is 0 Å². The predicted molar refractivity (Wildman–Crippen MR) is 121 cm³/mol. The minimum absolute atomic E-state index is 0.461. The van der Waals surface area contributed by atoms with Gasteiger partial charge in [0.25, 0.3) is 0 Å². The number of aromatic nitrogens is 3. The molecule has 0 radical (unpaired) electrons. The van der Waals surface area contributed by atoms with Crippen molar-refractivity contribution in [3.05, 3.63) is 71.3 Å². The van der Waals surface area contributed by atoms with E-state index < -0.39 is 0 Å². The van der Waals surface area contributed by atoms with Crippen LogP contribution < -0.4 is 15.4 Å². The van der Waals surface area contributed by atoms with Crippen molar-refractivity contribution in [2.45, 2.75) is 26.9 Å². The van der Waals surface area contributed by atoms with Crippen molar-refractivity contribution in [2.75, 3.05) is 20.3 Å². The minimum atomic E-state index is 0.461. The SMILES string of the molecule is COCCNC(=NCc1ccc(C)cc1Oc1ccccc1)NCc1nnc(C)n1C. The molecule has 0 spiro atoms. The summed E-state index contributed by atoms with van der Waals surface area (Å²) in [6.07, 6.45) is 0. The molecule has 31 heavy (non-hydrogen) atoms. The van der Waals surface area contributed by atoms with Gasteiger partial charge in [0.1, 0.15) is 17.3 Å². The highest BCUT2D eigenvalue weighted by atomic mass is 16.5. The monoisotopic (exact) mass is 422 g/mol. The number of nitrogens with zero attached hydrogens (tertiary/aromatic N) is 4. The number of methoxy groups -OCH3 is 1. The maximum Gasteiger partial charge on any atom is 0.192 e. The molecule has 164 valence electrons. The molecule has 2 aromatic carbocycles. The number of aryl methyl sites for hydroxylation is 2. The Kier molecular flexibility index (Phi) is 8.00. The van der Waals surface area contributed by atoms with Crippen LogP contribution in [-0.4, -0.2) is 41.0 Å². The number of rotatable bonds is 9. The lowest BCUT2D eigenvalue weighted by Gasteiger charge is -2.14. The van der Waals surface area contributed by atoms with Crippen LogP contribution in [0.2, 0.25) is 0 Å².